The van der Waals surface area contributed by atoms with Crippen molar-refractivity contribution in [3.8, 4) is 11.8 Å². The summed E-state index contributed by atoms with van der Waals surface area (Å²) in [6, 6.07) is 13.3. The van der Waals surface area contributed by atoms with Crippen LogP contribution in [0.2, 0.25) is 0 Å². The maximum atomic E-state index is 12.5. The molecule has 0 saturated carbocycles. The normalized spacial score (nSPS) is 13.6. The van der Waals surface area contributed by atoms with Gasteiger partial charge in [0.15, 0.2) is 0 Å². The summed E-state index contributed by atoms with van der Waals surface area (Å²) in [5.74, 6) is 0.739. The van der Waals surface area contributed by atoms with Gasteiger partial charge in [0, 0.05) is 0 Å². The number of nitrogens with one attached hydrogen (secondary N) is 1. The minimum absolute atomic E-state index is 0.171. The first kappa shape index (κ1) is 14.4. The second-order valence-corrected chi connectivity index (χ2v) is 6.67. The fourth-order valence-electron chi connectivity index (χ4n) is 2.38. The Balaban J connectivity index is 1.95. The van der Waals surface area contributed by atoms with Crippen molar-refractivity contribution in [2.24, 2.45) is 0 Å². The van der Waals surface area contributed by atoms with Gasteiger partial charge in [-0.15, -0.1) is 0 Å². The molecule has 5 nitrogen and oxygen atoms in total. The number of hydrogen-bond acceptors (Lipinski definition) is 4. The number of benzene rings is 2. The average Bonchev–Trinajstić information content (AvgIpc) is 2.54. The smallest absolute Gasteiger partial charge is 0.261 e. The molecule has 0 bridgehead atoms. The van der Waals surface area contributed by atoms with Crippen LogP contribution in [0.1, 0.15) is 17.5 Å². The number of para-hydroxylation sites is 1. The molecule has 0 saturated heterocycles. The number of nitriles is 1. The Bertz CT molecular complexity index is 854. The van der Waals surface area contributed by atoms with Crippen LogP contribution in [-0.4, -0.2) is 15.0 Å². The molecule has 1 N–H and O–H groups in total. The van der Waals surface area contributed by atoms with Gasteiger partial charge in [0.25, 0.3) is 10.0 Å². The number of rotatable bonds is 3. The highest BCUT2D eigenvalue weighted by Crippen LogP contribution is 2.28. The predicted octanol–water partition coefficient (Wildman–Crippen LogP) is 2.68. The summed E-state index contributed by atoms with van der Waals surface area (Å²) in [4.78, 5) is 0.171. The Morgan fingerprint density at radius 2 is 2.00 bits per heavy atom. The van der Waals surface area contributed by atoms with E-state index in [2.05, 4.69) is 4.72 Å². The third kappa shape index (κ3) is 2.76. The van der Waals surface area contributed by atoms with Gasteiger partial charge in [-0.2, -0.15) is 5.26 Å². The molecular formula is C16H14N2O3S. The molecule has 0 fully saturated rings. The van der Waals surface area contributed by atoms with Crippen molar-refractivity contribution in [2.45, 2.75) is 17.7 Å². The zero-order chi connectivity index (χ0) is 15.6. The SMILES string of the molecule is N#Cc1ccccc1NS(=O)(=O)c1ccc2c(c1)CCCO2. The van der Waals surface area contributed by atoms with Gasteiger partial charge < -0.3 is 4.74 Å². The molecule has 2 aromatic rings. The zero-order valence-electron chi connectivity index (χ0n) is 11.7. The summed E-state index contributed by atoms with van der Waals surface area (Å²) >= 11 is 0. The number of sulfonamides is 1. The lowest BCUT2D eigenvalue weighted by atomic mass is 10.1. The monoisotopic (exact) mass is 314 g/mol. The lowest BCUT2D eigenvalue weighted by Gasteiger charge is -2.18. The summed E-state index contributed by atoms with van der Waals surface area (Å²) in [7, 11) is -3.74. The van der Waals surface area contributed by atoms with Crippen molar-refractivity contribution < 1.29 is 13.2 Å². The van der Waals surface area contributed by atoms with Crippen LogP contribution in [0.5, 0.6) is 5.75 Å². The van der Waals surface area contributed by atoms with Crippen LogP contribution in [-0.2, 0) is 16.4 Å². The number of hydrogen-bond donors (Lipinski definition) is 1. The van der Waals surface area contributed by atoms with E-state index in [-0.39, 0.29) is 16.1 Å². The number of ether oxygens (including phenoxy) is 1. The fraction of sp³-hybridized carbons (Fsp3) is 0.188. The van der Waals surface area contributed by atoms with Crippen molar-refractivity contribution in [1.29, 1.82) is 5.26 Å². The molecule has 0 aromatic heterocycles. The Hall–Kier alpha value is -2.52. The van der Waals surface area contributed by atoms with Gasteiger partial charge in [0.05, 0.1) is 22.8 Å². The molecule has 6 heteroatoms. The van der Waals surface area contributed by atoms with Crippen LogP contribution >= 0.6 is 0 Å². The Labute approximate surface area is 129 Å². The van der Waals surface area contributed by atoms with Gasteiger partial charge in [-0.1, -0.05) is 12.1 Å². The average molecular weight is 314 g/mol. The van der Waals surface area contributed by atoms with Crippen LogP contribution < -0.4 is 9.46 Å². The van der Waals surface area contributed by atoms with Gasteiger partial charge in [0.1, 0.15) is 11.8 Å². The van der Waals surface area contributed by atoms with Gasteiger partial charge in [-0.05, 0) is 48.7 Å². The van der Waals surface area contributed by atoms with Crippen molar-refractivity contribution >= 4 is 15.7 Å². The van der Waals surface area contributed by atoms with E-state index in [0.29, 0.717) is 6.61 Å². The molecule has 3 rings (SSSR count). The van der Waals surface area contributed by atoms with E-state index in [1.54, 1.807) is 36.4 Å². The molecule has 112 valence electrons. The van der Waals surface area contributed by atoms with E-state index < -0.39 is 10.0 Å². The quantitative estimate of drug-likeness (QED) is 0.944. The molecular weight excluding hydrogens is 300 g/mol. The largest absolute Gasteiger partial charge is 0.493 e. The van der Waals surface area contributed by atoms with E-state index in [9.17, 15) is 8.42 Å². The van der Waals surface area contributed by atoms with Crippen LogP contribution in [0.25, 0.3) is 0 Å². The van der Waals surface area contributed by atoms with E-state index in [0.717, 1.165) is 24.2 Å². The Morgan fingerprint density at radius 3 is 2.82 bits per heavy atom. The first-order chi connectivity index (χ1) is 10.6. The topological polar surface area (TPSA) is 79.2 Å². The molecule has 0 atom stereocenters. The van der Waals surface area contributed by atoms with E-state index in [4.69, 9.17) is 10.00 Å². The molecule has 2 aromatic carbocycles. The molecule has 0 aliphatic carbocycles. The number of fused-ring (bicyclic) bond motifs is 1. The molecule has 0 spiro atoms. The van der Waals surface area contributed by atoms with E-state index in [1.165, 1.54) is 6.07 Å². The Kier molecular flexibility index (Phi) is 3.73. The Morgan fingerprint density at radius 1 is 1.18 bits per heavy atom. The van der Waals surface area contributed by atoms with Crippen molar-refractivity contribution in [1.82, 2.24) is 0 Å². The number of aryl methyl sites for hydroxylation is 1. The van der Waals surface area contributed by atoms with Crippen LogP contribution in [0.15, 0.2) is 47.4 Å². The highest BCUT2D eigenvalue weighted by atomic mass is 32.2. The molecule has 1 heterocycles. The lowest BCUT2D eigenvalue weighted by Crippen LogP contribution is -2.15. The molecule has 0 unspecified atom stereocenters. The summed E-state index contributed by atoms with van der Waals surface area (Å²) in [5.41, 5.74) is 1.45. The summed E-state index contributed by atoms with van der Waals surface area (Å²) in [5, 5.41) is 9.04. The van der Waals surface area contributed by atoms with Crippen molar-refractivity contribution in [3.05, 3.63) is 53.6 Å². The zero-order valence-corrected chi connectivity index (χ0v) is 12.6. The van der Waals surface area contributed by atoms with Gasteiger partial charge >= 0.3 is 0 Å². The summed E-state index contributed by atoms with van der Waals surface area (Å²) < 4.78 is 32.9. The van der Waals surface area contributed by atoms with Crippen LogP contribution in [0.3, 0.4) is 0 Å². The second-order valence-electron chi connectivity index (χ2n) is 4.98. The molecule has 1 aliphatic rings. The van der Waals surface area contributed by atoms with Gasteiger partial charge in [-0.3, -0.25) is 4.72 Å². The van der Waals surface area contributed by atoms with Gasteiger partial charge in [-0.25, -0.2) is 8.42 Å². The molecule has 0 radical (unpaired) electrons. The summed E-state index contributed by atoms with van der Waals surface area (Å²) in [6.45, 7) is 0.660. The molecule has 22 heavy (non-hydrogen) atoms. The molecule has 1 aliphatic heterocycles. The first-order valence-electron chi connectivity index (χ1n) is 6.88. The van der Waals surface area contributed by atoms with E-state index in [1.807, 2.05) is 6.07 Å². The van der Waals surface area contributed by atoms with Crippen molar-refractivity contribution in [3.63, 3.8) is 0 Å². The van der Waals surface area contributed by atoms with Crippen LogP contribution in [0, 0.1) is 11.3 Å². The predicted molar refractivity (Wildman–Crippen MR) is 82.2 cm³/mol. The minimum Gasteiger partial charge on any atom is -0.493 e. The van der Waals surface area contributed by atoms with Gasteiger partial charge in [0.2, 0.25) is 0 Å². The maximum Gasteiger partial charge on any atom is 0.261 e. The third-order valence-corrected chi connectivity index (χ3v) is 4.85. The maximum absolute atomic E-state index is 12.5. The van der Waals surface area contributed by atoms with Crippen molar-refractivity contribution in [2.75, 3.05) is 11.3 Å². The lowest BCUT2D eigenvalue weighted by molar-refractivity contribution is 0.288. The standard InChI is InChI=1S/C16H14N2O3S/c17-11-13-4-1-2-6-15(13)18-22(19,20)14-7-8-16-12(10-14)5-3-9-21-16/h1-2,4,6-8,10,18H,3,5,9H2. The second kappa shape index (κ2) is 5.70. The highest BCUT2D eigenvalue weighted by Gasteiger charge is 2.19. The fourth-order valence-corrected chi connectivity index (χ4v) is 3.51. The summed E-state index contributed by atoms with van der Waals surface area (Å²) in [6.07, 6.45) is 1.68. The van der Waals surface area contributed by atoms with E-state index >= 15 is 0 Å². The first-order valence-corrected chi connectivity index (χ1v) is 8.36. The minimum atomic E-state index is -3.74. The number of anilines is 1. The highest BCUT2D eigenvalue weighted by molar-refractivity contribution is 7.92. The third-order valence-electron chi connectivity index (χ3n) is 3.48. The molecule has 0 amide bonds. The van der Waals surface area contributed by atoms with Crippen LogP contribution in [0.4, 0.5) is 5.69 Å². The number of nitrogens with zero attached hydrogens (tertiary/aromatic N) is 1.